The zero-order chi connectivity index (χ0) is 11.7. The molecule has 0 radical (unpaired) electrons. The molecule has 0 aromatic heterocycles. The van der Waals surface area contributed by atoms with Crippen LogP contribution < -0.4 is 0 Å². The van der Waals surface area contributed by atoms with E-state index in [1.807, 2.05) is 0 Å². The summed E-state index contributed by atoms with van der Waals surface area (Å²) < 4.78 is 0. The SMILES string of the molecule is CCc1cc(CC)cc(CC)c1.O=CCl. The van der Waals surface area contributed by atoms with Gasteiger partial charge in [-0.05, 0) is 47.6 Å². The molecular formula is C13H19ClO. The Kier molecular flexibility index (Phi) is 8.02. The third-order valence-corrected chi connectivity index (χ3v) is 2.34. The van der Waals surface area contributed by atoms with Crippen molar-refractivity contribution in [1.82, 2.24) is 0 Å². The molecule has 15 heavy (non-hydrogen) atoms. The van der Waals surface area contributed by atoms with E-state index in [0.29, 0.717) is 0 Å². The molecule has 1 nitrogen and oxygen atoms in total. The van der Waals surface area contributed by atoms with Crippen LogP contribution in [0.15, 0.2) is 18.2 Å². The molecule has 0 bridgehead atoms. The molecule has 0 saturated carbocycles. The van der Waals surface area contributed by atoms with Crippen LogP contribution in [0.4, 0.5) is 0 Å². The summed E-state index contributed by atoms with van der Waals surface area (Å²) in [7, 11) is 0. The maximum Gasteiger partial charge on any atom is 0.208 e. The first-order valence-electron chi connectivity index (χ1n) is 5.37. The Hall–Kier alpha value is -0.820. The third-order valence-electron chi connectivity index (χ3n) is 2.34. The molecule has 84 valence electrons. The van der Waals surface area contributed by atoms with Crippen LogP contribution in [0.3, 0.4) is 0 Å². The van der Waals surface area contributed by atoms with Crippen molar-refractivity contribution in [3.8, 4) is 0 Å². The molecule has 0 unspecified atom stereocenters. The number of hydrogen-bond donors (Lipinski definition) is 0. The number of halogens is 1. The highest BCUT2D eigenvalue weighted by Crippen LogP contribution is 2.12. The lowest BCUT2D eigenvalue weighted by atomic mass is 10.0. The number of aryl methyl sites for hydroxylation is 3. The predicted octanol–water partition coefficient (Wildman–Crippen LogP) is 3.79. The summed E-state index contributed by atoms with van der Waals surface area (Å²) in [5, 5.41) is 0. The second-order valence-corrected chi connectivity index (χ2v) is 3.49. The van der Waals surface area contributed by atoms with Crippen molar-refractivity contribution in [2.75, 3.05) is 0 Å². The Morgan fingerprint density at radius 2 is 1.13 bits per heavy atom. The van der Waals surface area contributed by atoms with Crippen LogP contribution in [0.2, 0.25) is 0 Å². The van der Waals surface area contributed by atoms with E-state index in [-0.39, 0.29) is 5.75 Å². The normalized spacial score (nSPS) is 9.07. The van der Waals surface area contributed by atoms with Gasteiger partial charge in [0.2, 0.25) is 5.75 Å². The average Bonchev–Trinajstić information content (AvgIpc) is 2.29. The van der Waals surface area contributed by atoms with E-state index in [0.717, 1.165) is 19.3 Å². The molecule has 1 aromatic rings. The minimum atomic E-state index is 0.222. The summed E-state index contributed by atoms with van der Waals surface area (Å²) in [6.07, 6.45) is 3.46. The molecular weight excluding hydrogens is 208 g/mol. The van der Waals surface area contributed by atoms with Crippen molar-refractivity contribution in [2.45, 2.75) is 40.0 Å². The zero-order valence-electron chi connectivity index (χ0n) is 9.72. The van der Waals surface area contributed by atoms with Gasteiger partial charge in [-0.15, -0.1) is 0 Å². The van der Waals surface area contributed by atoms with E-state index in [9.17, 15) is 0 Å². The van der Waals surface area contributed by atoms with Gasteiger partial charge in [0, 0.05) is 0 Å². The van der Waals surface area contributed by atoms with Crippen molar-refractivity contribution >= 4 is 17.3 Å². The Balaban J connectivity index is 0.000000583. The lowest BCUT2D eigenvalue weighted by Crippen LogP contribution is -1.90. The molecule has 0 spiro atoms. The van der Waals surface area contributed by atoms with Crippen molar-refractivity contribution in [3.63, 3.8) is 0 Å². The van der Waals surface area contributed by atoms with Crippen LogP contribution in [0.1, 0.15) is 37.5 Å². The highest BCUT2D eigenvalue weighted by molar-refractivity contribution is 6.54. The number of rotatable bonds is 3. The van der Waals surface area contributed by atoms with Crippen LogP contribution in [-0.2, 0) is 24.1 Å². The lowest BCUT2D eigenvalue weighted by Gasteiger charge is -2.05. The number of hydrogen-bond acceptors (Lipinski definition) is 1. The van der Waals surface area contributed by atoms with E-state index in [1.165, 1.54) is 16.7 Å². The second kappa shape index (κ2) is 8.49. The summed E-state index contributed by atoms with van der Waals surface area (Å²) >= 11 is 4.32. The summed E-state index contributed by atoms with van der Waals surface area (Å²) in [6.45, 7) is 6.65. The summed E-state index contributed by atoms with van der Waals surface area (Å²) in [5.41, 5.74) is 4.43. The fraction of sp³-hybridized carbons (Fsp3) is 0.462. The fourth-order valence-electron chi connectivity index (χ4n) is 1.45. The van der Waals surface area contributed by atoms with Gasteiger partial charge < -0.3 is 0 Å². The molecule has 0 N–H and O–H groups in total. The molecule has 0 saturated heterocycles. The van der Waals surface area contributed by atoms with Crippen molar-refractivity contribution in [3.05, 3.63) is 34.9 Å². The first kappa shape index (κ1) is 14.2. The van der Waals surface area contributed by atoms with E-state index < -0.39 is 0 Å². The Morgan fingerprint density at radius 1 is 0.933 bits per heavy atom. The van der Waals surface area contributed by atoms with Crippen molar-refractivity contribution in [1.29, 1.82) is 0 Å². The maximum absolute atomic E-state index is 8.57. The van der Waals surface area contributed by atoms with Crippen molar-refractivity contribution in [2.24, 2.45) is 0 Å². The molecule has 0 heterocycles. The molecule has 0 aliphatic carbocycles. The molecule has 0 fully saturated rings. The van der Waals surface area contributed by atoms with Crippen LogP contribution in [-0.4, -0.2) is 5.75 Å². The quantitative estimate of drug-likeness (QED) is 0.566. The molecule has 1 rings (SSSR count). The largest absolute Gasteiger partial charge is 0.285 e. The Morgan fingerprint density at radius 3 is 1.27 bits per heavy atom. The highest BCUT2D eigenvalue weighted by Gasteiger charge is 1.96. The molecule has 0 aliphatic rings. The van der Waals surface area contributed by atoms with Gasteiger partial charge in [-0.1, -0.05) is 39.0 Å². The molecule has 0 amide bonds. The van der Waals surface area contributed by atoms with Gasteiger partial charge in [0.25, 0.3) is 0 Å². The highest BCUT2D eigenvalue weighted by atomic mass is 35.5. The first-order valence-corrected chi connectivity index (χ1v) is 5.80. The van der Waals surface area contributed by atoms with Crippen LogP contribution in [0.25, 0.3) is 0 Å². The van der Waals surface area contributed by atoms with E-state index in [2.05, 4.69) is 50.6 Å². The predicted molar refractivity (Wildman–Crippen MR) is 67.2 cm³/mol. The topological polar surface area (TPSA) is 17.1 Å². The number of carbonyl (C=O) groups excluding carboxylic acids is 1. The minimum absolute atomic E-state index is 0.222. The Bertz CT molecular complexity index is 239. The third kappa shape index (κ3) is 5.58. The smallest absolute Gasteiger partial charge is 0.208 e. The monoisotopic (exact) mass is 226 g/mol. The maximum atomic E-state index is 8.57. The number of carbonyl (C=O) groups is 1. The van der Waals surface area contributed by atoms with Crippen molar-refractivity contribution < 1.29 is 4.79 Å². The van der Waals surface area contributed by atoms with Gasteiger partial charge in [-0.25, -0.2) is 0 Å². The summed E-state index contributed by atoms with van der Waals surface area (Å²) in [4.78, 5) is 8.57. The van der Waals surface area contributed by atoms with Gasteiger partial charge in [0.1, 0.15) is 0 Å². The van der Waals surface area contributed by atoms with E-state index in [1.54, 1.807) is 0 Å². The van der Waals surface area contributed by atoms with Crippen LogP contribution >= 0.6 is 11.6 Å². The van der Waals surface area contributed by atoms with Gasteiger partial charge in [-0.3, -0.25) is 4.79 Å². The Labute approximate surface area is 97.5 Å². The first-order chi connectivity index (χ1) is 7.21. The van der Waals surface area contributed by atoms with E-state index >= 15 is 0 Å². The summed E-state index contributed by atoms with van der Waals surface area (Å²) in [5.74, 6) is 0.222. The van der Waals surface area contributed by atoms with Gasteiger partial charge in [0.15, 0.2) is 0 Å². The molecule has 1 aromatic carbocycles. The van der Waals surface area contributed by atoms with Gasteiger partial charge in [0.05, 0.1) is 0 Å². The van der Waals surface area contributed by atoms with Crippen LogP contribution in [0.5, 0.6) is 0 Å². The van der Waals surface area contributed by atoms with Gasteiger partial charge in [-0.2, -0.15) is 0 Å². The second-order valence-electron chi connectivity index (χ2n) is 3.31. The lowest BCUT2D eigenvalue weighted by molar-refractivity contribution is 0.569. The fourth-order valence-corrected chi connectivity index (χ4v) is 1.45. The molecule has 0 aliphatic heterocycles. The van der Waals surface area contributed by atoms with Crippen LogP contribution in [0, 0.1) is 0 Å². The average molecular weight is 227 g/mol. The molecule has 0 atom stereocenters. The summed E-state index contributed by atoms with van der Waals surface area (Å²) in [6, 6.07) is 6.96. The molecule has 2 heteroatoms. The zero-order valence-corrected chi connectivity index (χ0v) is 10.5. The standard InChI is InChI=1S/C12H18.CHClO/c1-4-10-7-11(5-2)9-12(6-3)8-10;2-1-3/h7-9H,4-6H2,1-3H3;1H. The number of benzene rings is 1. The van der Waals surface area contributed by atoms with E-state index in [4.69, 9.17) is 4.79 Å². The minimum Gasteiger partial charge on any atom is -0.285 e. The van der Waals surface area contributed by atoms with Gasteiger partial charge >= 0.3 is 0 Å².